The molecule has 0 N–H and O–H groups in total. The van der Waals surface area contributed by atoms with Crippen molar-refractivity contribution in [3.63, 3.8) is 0 Å². The molecule has 0 nitrogen and oxygen atoms in total. The summed E-state index contributed by atoms with van der Waals surface area (Å²) in [6, 6.07) is 0. The monoisotopic (exact) mass is 248 g/mol. The standard InChI is InChI=1S/C7H9.C5H5.Zr/c1-6-3-4-7(2)5-6;1-2-4-5-3-1;/h3H,4H2,1-2H3;1-3H,4H2;/q2*-1;+2. The third-order valence-electron chi connectivity index (χ3n) is 1.71. The second kappa shape index (κ2) is 7.27. The number of rotatable bonds is 0. The molecular formula is C12H14Zr. The predicted octanol–water partition coefficient (Wildman–Crippen LogP) is 3.39. The number of hydrogen-bond acceptors (Lipinski definition) is 0. The van der Waals surface area contributed by atoms with E-state index in [9.17, 15) is 0 Å². The Morgan fingerprint density at radius 3 is 2.23 bits per heavy atom. The molecule has 0 bridgehead atoms. The molecule has 1 heteroatoms. The van der Waals surface area contributed by atoms with Crippen LogP contribution in [0.3, 0.4) is 0 Å². The normalized spacial score (nSPS) is 17.1. The van der Waals surface area contributed by atoms with Gasteiger partial charge in [0.2, 0.25) is 0 Å². The fraction of sp³-hybridized carbons (Fsp3) is 0.333. The summed E-state index contributed by atoms with van der Waals surface area (Å²) in [5.41, 5.74) is 2.65. The van der Waals surface area contributed by atoms with Gasteiger partial charge < -0.3 is 0 Å². The van der Waals surface area contributed by atoms with E-state index in [1.54, 1.807) is 0 Å². The van der Waals surface area contributed by atoms with E-state index in [0.717, 1.165) is 12.8 Å². The minimum Gasteiger partial charge on any atom is -0.273 e. The Bertz CT molecular complexity index is 244. The van der Waals surface area contributed by atoms with Crippen LogP contribution in [0.4, 0.5) is 0 Å². The summed E-state index contributed by atoms with van der Waals surface area (Å²) in [5.74, 6) is 0. The molecule has 0 spiro atoms. The summed E-state index contributed by atoms with van der Waals surface area (Å²) in [6.07, 6.45) is 16.5. The van der Waals surface area contributed by atoms with E-state index in [1.165, 1.54) is 11.1 Å². The van der Waals surface area contributed by atoms with Crippen molar-refractivity contribution in [3.05, 3.63) is 47.6 Å². The number of hydrogen-bond donors (Lipinski definition) is 0. The van der Waals surface area contributed by atoms with Gasteiger partial charge in [0.25, 0.3) is 0 Å². The molecule has 0 atom stereocenters. The van der Waals surface area contributed by atoms with Crippen molar-refractivity contribution in [2.24, 2.45) is 0 Å². The van der Waals surface area contributed by atoms with Crippen LogP contribution >= 0.6 is 0 Å². The molecule has 2 rings (SSSR count). The topological polar surface area (TPSA) is 0 Å². The van der Waals surface area contributed by atoms with Crippen molar-refractivity contribution < 1.29 is 26.2 Å². The summed E-state index contributed by atoms with van der Waals surface area (Å²) in [6.45, 7) is 4.18. The molecule has 0 fully saturated rings. The third-order valence-corrected chi connectivity index (χ3v) is 1.71. The van der Waals surface area contributed by atoms with Gasteiger partial charge in [0, 0.05) is 0 Å². The summed E-state index contributed by atoms with van der Waals surface area (Å²) < 4.78 is 0. The SMILES string of the molecule is CC1=[C-]C(C)=CC1.[C-]1=CC=CC1.[Zr+2]. The van der Waals surface area contributed by atoms with Crippen LogP contribution in [0, 0.1) is 12.2 Å². The van der Waals surface area contributed by atoms with Gasteiger partial charge in [-0.05, 0) is 0 Å². The zero-order valence-corrected chi connectivity index (χ0v) is 10.7. The first-order valence-electron chi connectivity index (χ1n) is 4.27. The fourth-order valence-electron chi connectivity index (χ4n) is 1.09. The van der Waals surface area contributed by atoms with Gasteiger partial charge in [-0.3, -0.25) is 12.2 Å². The van der Waals surface area contributed by atoms with Crippen LogP contribution in [-0.4, -0.2) is 0 Å². The molecule has 0 amide bonds. The quantitative estimate of drug-likeness (QED) is 0.577. The molecule has 2 aliphatic rings. The van der Waals surface area contributed by atoms with Crippen LogP contribution < -0.4 is 0 Å². The van der Waals surface area contributed by atoms with Crippen LogP contribution in [-0.2, 0) is 26.2 Å². The van der Waals surface area contributed by atoms with E-state index < -0.39 is 0 Å². The maximum atomic E-state index is 3.19. The Morgan fingerprint density at radius 2 is 2.08 bits per heavy atom. The Kier molecular flexibility index (Phi) is 7.18. The zero-order chi connectivity index (χ0) is 8.81. The Hall–Kier alpha value is -0.157. The maximum Gasteiger partial charge on any atom is 2.00 e. The first-order valence-corrected chi connectivity index (χ1v) is 4.27. The Morgan fingerprint density at radius 1 is 1.31 bits per heavy atom. The van der Waals surface area contributed by atoms with Gasteiger partial charge in [0.15, 0.2) is 0 Å². The molecule has 0 heterocycles. The molecule has 0 unspecified atom stereocenters. The van der Waals surface area contributed by atoms with E-state index in [-0.39, 0.29) is 26.2 Å². The van der Waals surface area contributed by atoms with Crippen LogP contribution in [0.5, 0.6) is 0 Å². The van der Waals surface area contributed by atoms with Crippen molar-refractivity contribution in [2.75, 3.05) is 0 Å². The molecule has 0 saturated heterocycles. The molecule has 0 aliphatic heterocycles. The van der Waals surface area contributed by atoms with Gasteiger partial charge in [-0.25, -0.2) is 23.8 Å². The van der Waals surface area contributed by atoms with E-state index in [2.05, 4.69) is 38.2 Å². The van der Waals surface area contributed by atoms with Gasteiger partial charge in [-0.2, -0.15) is 11.6 Å². The minimum atomic E-state index is 0. The molecule has 2 aliphatic carbocycles. The average Bonchev–Trinajstić information content (AvgIpc) is 2.63. The average molecular weight is 249 g/mol. The third kappa shape index (κ3) is 5.99. The molecule has 0 aromatic heterocycles. The summed E-state index contributed by atoms with van der Waals surface area (Å²) in [5, 5.41) is 0. The summed E-state index contributed by atoms with van der Waals surface area (Å²) in [7, 11) is 0. The van der Waals surface area contributed by atoms with Gasteiger partial charge >= 0.3 is 26.2 Å². The Labute approximate surface area is 100 Å². The number of allylic oxidation sites excluding steroid dienone is 8. The van der Waals surface area contributed by atoms with Gasteiger partial charge in [-0.1, -0.05) is 20.3 Å². The largest absolute Gasteiger partial charge is 2.00 e. The molecule has 66 valence electrons. The molecule has 0 saturated carbocycles. The van der Waals surface area contributed by atoms with Crippen molar-refractivity contribution in [2.45, 2.75) is 26.7 Å². The van der Waals surface area contributed by atoms with Crippen LogP contribution in [0.15, 0.2) is 35.5 Å². The minimum absolute atomic E-state index is 0. The predicted molar refractivity (Wildman–Crippen MR) is 52.4 cm³/mol. The second-order valence-corrected chi connectivity index (χ2v) is 3.00. The van der Waals surface area contributed by atoms with Crippen molar-refractivity contribution >= 4 is 0 Å². The van der Waals surface area contributed by atoms with Crippen molar-refractivity contribution in [1.82, 2.24) is 0 Å². The maximum absolute atomic E-state index is 3.19. The second-order valence-electron chi connectivity index (χ2n) is 3.00. The molecular weight excluding hydrogens is 235 g/mol. The zero-order valence-electron chi connectivity index (χ0n) is 8.22. The molecule has 0 radical (unpaired) electrons. The van der Waals surface area contributed by atoms with Crippen LogP contribution in [0.2, 0.25) is 0 Å². The van der Waals surface area contributed by atoms with Crippen LogP contribution in [0.1, 0.15) is 26.7 Å². The molecule has 0 aromatic rings. The summed E-state index contributed by atoms with van der Waals surface area (Å²) in [4.78, 5) is 0. The smallest absolute Gasteiger partial charge is 0.273 e. The first kappa shape index (κ1) is 12.8. The van der Waals surface area contributed by atoms with Gasteiger partial charge in [0.1, 0.15) is 0 Å². The van der Waals surface area contributed by atoms with E-state index in [4.69, 9.17) is 0 Å². The van der Waals surface area contributed by atoms with E-state index >= 15 is 0 Å². The molecule has 13 heavy (non-hydrogen) atoms. The summed E-state index contributed by atoms with van der Waals surface area (Å²) >= 11 is 0. The van der Waals surface area contributed by atoms with Crippen molar-refractivity contribution in [3.8, 4) is 0 Å². The van der Waals surface area contributed by atoms with E-state index in [0.29, 0.717) is 0 Å². The first-order chi connectivity index (χ1) is 5.79. The van der Waals surface area contributed by atoms with Crippen molar-refractivity contribution in [1.29, 1.82) is 0 Å². The van der Waals surface area contributed by atoms with Gasteiger partial charge in [-0.15, -0.1) is 6.42 Å². The van der Waals surface area contributed by atoms with Crippen LogP contribution in [0.25, 0.3) is 0 Å². The molecule has 0 aromatic carbocycles. The fourth-order valence-corrected chi connectivity index (χ4v) is 1.09. The Balaban J connectivity index is 0.000000215. The van der Waals surface area contributed by atoms with E-state index in [1.807, 2.05) is 12.2 Å². The van der Waals surface area contributed by atoms with Gasteiger partial charge in [0.05, 0.1) is 0 Å².